The highest BCUT2D eigenvalue weighted by molar-refractivity contribution is 5.96. The molecule has 0 aromatic heterocycles. The molecule has 34 heavy (non-hydrogen) atoms. The highest BCUT2D eigenvalue weighted by Gasteiger charge is 2.29. The number of benzene rings is 3. The first kappa shape index (κ1) is 23.0. The molecular formula is C26H24N2O6. The van der Waals surface area contributed by atoms with E-state index in [-0.39, 0.29) is 18.1 Å². The van der Waals surface area contributed by atoms with Gasteiger partial charge in [0, 0.05) is 17.2 Å². The fourth-order valence-corrected chi connectivity index (χ4v) is 3.89. The van der Waals surface area contributed by atoms with Gasteiger partial charge in [0.15, 0.2) is 6.10 Å². The Hall–Kier alpha value is -4.17. The quantitative estimate of drug-likeness (QED) is 0.448. The number of rotatable bonds is 7. The van der Waals surface area contributed by atoms with E-state index >= 15 is 0 Å². The molecule has 0 saturated heterocycles. The molecular weight excluding hydrogens is 436 g/mol. The maximum Gasteiger partial charge on any atom is 0.411 e. The topological polar surface area (TPSA) is 114 Å². The lowest BCUT2D eigenvalue weighted by molar-refractivity contribution is -0.152. The molecule has 1 aliphatic carbocycles. The number of hydroxylamine groups is 1. The van der Waals surface area contributed by atoms with E-state index in [1.807, 2.05) is 36.4 Å². The predicted molar refractivity (Wildman–Crippen MR) is 126 cm³/mol. The molecule has 8 heteroatoms. The minimum atomic E-state index is -1.21. The summed E-state index contributed by atoms with van der Waals surface area (Å²) < 4.78 is 5.56. The molecule has 3 aromatic rings. The Labute approximate surface area is 196 Å². The summed E-state index contributed by atoms with van der Waals surface area (Å²) in [6.07, 6.45) is -1.84. The van der Waals surface area contributed by atoms with Gasteiger partial charge in [-0.05, 0) is 53.8 Å². The van der Waals surface area contributed by atoms with Crippen LogP contribution in [0.25, 0.3) is 11.1 Å². The molecule has 0 bridgehead atoms. The van der Waals surface area contributed by atoms with Gasteiger partial charge < -0.3 is 9.84 Å². The molecule has 0 radical (unpaired) electrons. The largest absolute Gasteiger partial charge is 0.479 e. The molecule has 1 unspecified atom stereocenters. The second-order valence-electron chi connectivity index (χ2n) is 8.01. The molecule has 4 rings (SSSR count). The van der Waals surface area contributed by atoms with E-state index in [9.17, 15) is 14.4 Å². The van der Waals surface area contributed by atoms with Crippen LogP contribution >= 0.6 is 0 Å². The van der Waals surface area contributed by atoms with Crippen molar-refractivity contribution >= 4 is 23.7 Å². The number of aryl methyl sites for hydroxylation is 1. The Kier molecular flexibility index (Phi) is 6.60. The summed E-state index contributed by atoms with van der Waals surface area (Å²) in [6.45, 7) is 3.24. The van der Waals surface area contributed by atoms with Gasteiger partial charge in [-0.2, -0.15) is 0 Å². The van der Waals surface area contributed by atoms with Gasteiger partial charge in [-0.3, -0.25) is 14.9 Å². The summed E-state index contributed by atoms with van der Waals surface area (Å²) in [4.78, 5) is 40.5. The van der Waals surface area contributed by atoms with Crippen molar-refractivity contribution in [3.8, 4) is 11.1 Å². The summed E-state index contributed by atoms with van der Waals surface area (Å²) >= 11 is 0. The van der Waals surface area contributed by atoms with Gasteiger partial charge in [0.2, 0.25) is 0 Å². The summed E-state index contributed by atoms with van der Waals surface area (Å²) in [5.74, 6) is -1.91. The Morgan fingerprint density at radius 3 is 2.21 bits per heavy atom. The number of carboxylic acid groups (broad SMARTS) is 1. The van der Waals surface area contributed by atoms with E-state index in [1.54, 1.807) is 19.1 Å². The standard InChI is InChI=1S/C26H24N2O6/c1-15-11-12-17(24(29)28-34-16(2)25(30)31)13-23(15)27-26(32)33-14-22-20-9-5-3-7-18(20)19-8-4-6-10-21(19)22/h3-13,16,22H,14H2,1-2H3,(H,27,32)(H,28,29)(H,30,31). The lowest BCUT2D eigenvalue weighted by Gasteiger charge is -2.16. The van der Waals surface area contributed by atoms with Crippen molar-refractivity contribution in [3.05, 3.63) is 89.0 Å². The predicted octanol–water partition coefficient (Wildman–Crippen LogP) is 4.49. The van der Waals surface area contributed by atoms with E-state index in [0.29, 0.717) is 5.69 Å². The summed E-state index contributed by atoms with van der Waals surface area (Å²) in [5.41, 5.74) is 7.92. The van der Waals surface area contributed by atoms with Gasteiger partial charge in [-0.25, -0.2) is 15.1 Å². The molecule has 2 amide bonds. The van der Waals surface area contributed by atoms with E-state index < -0.39 is 24.1 Å². The highest BCUT2D eigenvalue weighted by Crippen LogP contribution is 2.44. The summed E-state index contributed by atoms with van der Waals surface area (Å²) in [7, 11) is 0. The minimum absolute atomic E-state index is 0.0651. The highest BCUT2D eigenvalue weighted by atomic mass is 16.7. The second-order valence-corrected chi connectivity index (χ2v) is 8.01. The smallest absolute Gasteiger partial charge is 0.411 e. The second kappa shape index (κ2) is 9.76. The zero-order valence-corrected chi connectivity index (χ0v) is 18.7. The zero-order valence-electron chi connectivity index (χ0n) is 18.7. The molecule has 174 valence electrons. The normalized spacial score (nSPS) is 12.9. The first-order chi connectivity index (χ1) is 16.3. The first-order valence-corrected chi connectivity index (χ1v) is 10.8. The summed E-state index contributed by atoms with van der Waals surface area (Å²) in [5, 5.41) is 11.5. The number of anilines is 1. The number of amides is 2. The number of nitrogens with one attached hydrogen (secondary N) is 2. The Bertz CT molecular complexity index is 1210. The van der Waals surface area contributed by atoms with E-state index in [1.165, 1.54) is 13.0 Å². The molecule has 0 fully saturated rings. The van der Waals surface area contributed by atoms with Crippen LogP contribution in [0.2, 0.25) is 0 Å². The van der Waals surface area contributed by atoms with Gasteiger partial charge in [0.1, 0.15) is 6.61 Å². The SMILES string of the molecule is Cc1ccc(C(=O)NOC(C)C(=O)O)cc1NC(=O)OCC1c2ccccc2-c2ccccc21. The van der Waals surface area contributed by atoms with Gasteiger partial charge >= 0.3 is 12.1 Å². The number of aliphatic carboxylic acids is 1. The van der Waals surface area contributed by atoms with Crippen molar-refractivity contribution in [2.24, 2.45) is 0 Å². The molecule has 0 spiro atoms. The van der Waals surface area contributed by atoms with Crippen LogP contribution in [0.1, 0.15) is 39.9 Å². The maximum absolute atomic E-state index is 12.6. The van der Waals surface area contributed by atoms with Crippen molar-refractivity contribution in [1.82, 2.24) is 5.48 Å². The van der Waals surface area contributed by atoms with E-state index in [0.717, 1.165) is 27.8 Å². The molecule has 8 nitrogen and oxygen atoms in total. The number of hydrogen-bond donors (Lipinski definition) is 3. The molecule has 1 atom stereocenters. The Morgan fingerprint density at radius 2 is 1.59 bits per heavy atom. The van der Waals surface area contributed by atoms with Crippen LogP contribution in [-0.2, 0) is 14.4 Å². The van der Waals surface area contributed by atoms with Crippen LogP contribution in [0.4, 0.5) is 10.5 Å². The van der Waals surface area contributed by atoms with E-state index in [4.69, 9.17) is 14.7 Å². The minimum Gasteiger partial charge on any atom is -0.479 e. The van der Waals surface area contributed by atoms with Crippen molar-refractivity contribution in [2.75, 3.05) is 11.9 Å². The van der Waals surface area contributed by atoms with Crippen LogP contribution in [-0.4, -0.2) is 35.8 Å². The molecule has 3 N–H and O–H groups in total. The molecule has 0 heterocycles. The molecule has 1 aliphatic rings. The average Bonchev–Trinajstić information content (AvgIpc) is 3.16. The van der Waals surface area contributed by atoms with Gasteiger partial charge in [-0.1, -0.05) is 54.6 Å². The number of carbonyl (C=O) groups excluding carboxylic acids is 2. The zero-order chi connectivity index (χ0) is 24.2. The average molecular weight is 460 g/mol. The first-order valence-electron chi connectivity index (χ1n) is 10.8. The number of carbonyl (C=O) groups is 3. The molecule has 0 saturated carbocycles. The van der Waals surface area contributed by atoms with Crippen molar-refractivity contribution in [3.63, 3.8) is 0 Å². The van der Waals surface area contributed by atoms with Crippen LogP contribution in [0, 0.1) is 6.92 Å². The lowest BCUT2D eigenvalue weighted by atomic mass is 9.98. The van der Waals surface area contributed by atoms with Crippen LogP contribution in [0.3, 0.4) is 0 Å². The lowest BCUT2D eigenvalue weighted by Crippen LogP contribution is -2.32. The van der Waals surface area contributed by atoms with Gasteiger partial charge in [0.25, 0.3) is 5.91 Å². The monoisotopic (exact) mass is 460 g/mol. The third kappa shape index (κ3) is 4.77. The molecule has 3 aromatic carbocycles. The Morgan fingerprint density at radius 1 is 0.971 bits per heavy atom. The van der Waals surface area contributed by atoms with Gasteiger partial charge in [-0.15, -0.1) is 0 Å². The fourth-order valence-electron chi connectivity index (χ4n) is 3.89. The third-order valence-electron chi connectivity index (χ3n) is 5.76. The maximum atomic E-state index is 12.6. The van der Waals surface area contributed by atoms with Crippen LogP contribution < -0.4 is 10.8 Å². The number of hydrogen-bond acceptors (Lipinski definition) is 5. The van der Waals surface area contributed by atoms with Crippen molar-refractivity contribution in [1.29, 1.82) is 0 Å². The van der Waals surface area contributed by atoms with Crippen LogP contribution in [0.15, 0.2) is 66.7 Å². The van der Waals surface area contributed by atoms with Gasteiger partial charge in [0.05, 0.1) is 0 Å². The number of fused-ring (bicyclic) bond motifs is 3. The fraction of sp³-hybridized carbons (Fsp3) is 0.192. The number of carboxylic acids is 1. The summed E-state index contributed by atoms with van der Waals surface area (Å²) in [6, 6.07) is 20.8. The Balaban J connectivity index is 1.41. The van der Waals surface area contributed by atoms with E-state index in [2.05, 4.69) is 22.9 Å². The van der Waals surface area contributed by atoms with Crippen molar-refractivity contribution < 1.29 is 29.1 Å². The number of ether oxygens (including phenoxy) is 1. The third-order valence-corrected chi connectivity index (χ3v) is 5.76. The van der Waals surface area contributed by atoms with Crippen molar-refractivity contribution in [2.45, 2.75) is 25.9 Å². The molecule has 0 aliphatic heterocycles. The van der Waals surface area contributed by atoms with Crippen LogP contribution in [0.5, 0.6) is 0 Å².